The maximum Gasteiger partial charge on any atom is 0.229 e. The second kappa shape index (κ2) is 6.77. The minimum Gasteiger partial charge on any atom is -0.351 e. The number of pyridine rings is 1. The van der Waals surface area contributed by atoms with Gasteiger partial charge in [-0.05, 0) is 23.8 Å². The van der Waals surface area contributed by atoms with Crippen LogP contribution in [0.5, 0.6) is 0 Å². The van der Waals surface area contributed by atoms with Crippen LogP contribution in [0.2, 0.25) is 0 Å². The van der Waals surface area contributed by atoms with Crippen molar-refractivity contribution >= 4 is 5.91 Å². The molecule has 1 aromatic carbocycles. The zero-order valence-corrected chi connectivity index (χ0v) is 10.9. The Balaban J connectivity index is 2.05. The molecule has 1 heterocycles. The number of hydrogen-bond acceptors (Lipinski definition) is 3. The monoisotopic (exact) mass is 273 g/mol. The molecule has 4 nitrogen and oxygen atoms in total. The Morgan fingerprint density at radius 2 is 1.95 bits per heavy atom. The number of nitrogens with one attached hydrogen (secondary N) is 1. The molecule has 20 heavy (non-hydrogen) atoms. The Kier molecular flexibility index (Phi) is 4.79. The van der Waals surface area contributed by atoms with E-state index in [0.717, 1.165) is 5.56 Å². The molecule has 0 radical (unpaired) electrons. The van der Waals surface area contributed by atoms with E-state index in [1.807, 2.05) is 0 Å². The second-order valence-corrected chi connectivity index (χ2v) is 4.38. The predicted molar refractivity (Wildman–Crippen MR) is 74.3 cm³/mol. The Morgan fingerprint density at radius 1 is 1.25 bits per heavy atom. The predicted octanol–water partition coefficient (Wildman–Crippen LogP) is 1.58. The Labute approximate surface area is 116 Å². The van der Waals surface area contributed by atoms with Crippen molar-refractivity contribution in [2.24, 2.45) is 5.73 Å². The van der Waals surface area contributed by atoms with Gasteiger partial charge < -0.3 is 11.1 Å². The first kappa shape index (κ1) is 14.1. The molecular weight excluding hydrogens is 257 g/mol. The fourth-order valence-electron chi connectivity index (χ4n) is 1.95. The van der Waals surface area contributed by atoms with Crippen molar-refractivity contribution in [3.05, 3.63) is 65.7 Å². The number of carbonyl (C=O) groups excluding carboxylic acids is 1. The molecule has 0 fully saturated rings. The molecule has 0 spiro atoms. The molecule has 0 aliphatic heterocycles. The standard InChI is InChI=1S/C15H16FN3O/c16-14-4-2-1-3-12(14)13(9-17)15(20)19-10-11-5-7-18-8-6-11/h1-8,13H,9-10,17H2,(H,19,20)/t13-/m1/s1. The van der Waals surface area contributed by atoms with E-state index < -0.39 is 11.7 Å². The van der Waals surface area contributed by atoms with Crippen LogP contribution >= 0.6 is 0 Å². The first-order valence-corrected chi connectivity index (χ1v) is 6.33. The molecule has 2 aromatic rings. The SMILES string of the molecule is NC[C@@H](C(=O)NCc1ccncc1)c1ccccc1F. The van der Waals surface area contributed by atoms with Crippen molar-refractivity contribution in [2.45, 2.75) is 12.5 Å². The molecule has 1 amide bonds. The molecule has 0 bridgehead atoms. The summed E-state index contributed by atoms with van der Waals surface area (Å²) in [5.41, 5.74) is 6.86. The van der Waals surface area contributed by atoms with Gasteiger partial charge in [-0.1, -0.05) is 18.2 Å². The molecule has 5 heteroatoms. The lowest BCUT2D eigenvalue weighted by Crippen LogP contribution is -2.33. The van der Waals surface area contributed by atoms with Crippen LogP contribution in [0, 0.1) is 5.82 Å². The largest absolute Gasteiger partial charge is 0.351 e. The Bertz CT molecular complexity index is 574. The van der Waals surface area contributed by atoms with Gasteiger partial charge in [0.15, 0.2) is 0 Å². The van der Waals surface area contributed by atoms with Gasteiger partial charge in [-0.2, -0.15) is 0 Å². The molecule has 1 atom stereocenters. The maximum absolute atomic E-state index is 13.7. The second-order valence-electron chi connectivity index (χ2n) is 4.38. The number of halogens is 1. The fourth-order valence-corrected chi connectivity index (χ4v) is 1.95. The van der Waals surface area contributed by atoms with E-state index in [1.54, 1.807) is 42.7 Å². The van der Waals surface area contributed by atoms with Crippen LogP contribution in [-0.2, 0) is 11.3 Å². The number of benzene rings is 1. The van der Waals surface area contributed by atoms with Crippen LogP contribution in [-0.4, -0.2) is 17.4 Å². The van der Waals surface area contributed by atoms with Crippen molar-refractivity contribution in [3.8, 4) is 0 Å². The number of nitrogens with zero attached hydrogens (tertiary/aromatic N) is 1. The smallest absolute Gasteiger partial charge is 0.229 e. The Morgan fingerprint density at radius 3 is 2.60 bits per heavy atom. The quantitative estimate of drug-likeness (QED) is 0.869. The van der Waals surface area contributed by atoms with Crippen LogP contribution in [0.3, 0.4) is 0 Å². The molecule has 0 aliphatic carbocycles. The summed E-state index contributed by atoms with van der Waals surface area (Å²) in [6.07, 6.45) is 3.30. The normalized spacial score (nSPS) is 11.9. The van der Waals surface area contributed by atoms with Crippen molar-refractivity contribution in [2.75, 3.05) is 6.54 Å². The number of nitrogens with two attached hydrogens (primary N) is 1. The van der Waals surface area contributed by atoms with E-state index in [1.165, 1.54) is 6.07 Å². The number of aromatic nitrogens is 1. The van der Waals surface area contributed by atoms with Crippen LogP contribution < -0.4 is 11.1 Å². The molecule has 1 aromatic heterocycles. The van der Waals surface area contributed by atoms with Gasteiger partial charge in [0, 0.05) is 31.0 Å². The average Bonchev–Trinajstić information content (AvgIpc) is 2.49. The van der Waals surface area contributed by atoms with Gasteiger partial charge in [0.1, 0.15) is 5.82 Å². The van der Waals surface area contributed by atoms with E-state index in [0.29, 0.717) is 12.1 Å². The maximum atomic E-state index is 13.7. The van der Waals surface area contributed by atoms with Gasteiger partial charge in [-0.25, -0.2) is 4.39 Å². The van der Waals surface area contributed by atoms with Crippen LogP contribution in [0.25, 0.3) is 0 Å². The van der Waals surface area contributed by atoms with Crippen LogP contribution in [0.1, 0.15) is 17.0 Å². The molecule has 2 rings (SSSR count). The topological polar surface area (TPSA) is 68.0 Å². The first-order valence-electron chi connectivity index (χ1n) is 6.33. The number of rotatable bonds is 5. The average molecular weight is 273 g/mol. The number of carbonyl (C=O) groups is 1. The molecule has 0 aliphatic rings. The van der Waals surface area contributed by atoms with E-state index in [9.17, 15) is 9.18 Å². The summed E-state index contributed by atoms with van der Waals surface area (Å²) < 4.78 is 13.7. The van der Waals surface area contributed by atoms with Crippen molar-refractivity contribution in [3.63, 3.8) is 0 Å². The molecular formula is C15H16FN3O. The fraction of sp³-hybridized carbons (Fsp3) is 0.200. The van der Waals surface area contributed by atoms with Gasteiger partial charge in [0.2, 0.25) is 5.91 Å². The summed E-state index contributed by atoms with van der Waals surface area (Å²) in [5.74, 6) is -1.38. The third kappa shape index (κ3) is 3.39. The molecule has 0 saturated carbocycles. The Hall–Kier alpha value is -2.27. The van der Waals surface area contributed by atoms with E-state index in [-0.39, 0.29) is 12.5 Å². The summed E-state index contributed by atoms with van der Waals surface area (Å²) in [6.45, 7) is 0.426. The minimum atomic E-state index is -0.682. The third-order valence-electron chi connectivity index (χ3n) is 3.05. The van der Waals surface area contributed by atoms with Crippen molar-refractivity contribution in [1.29, 1.82) is 0 Å². The van der Waals surface area contributed by atoms with Gasteiger partial charge in [-0.15, -0.1) is 0 Å². The lowest BCUT2D eigenvalue weighted by molar-refractivity contribution is -0.122. The lowest BCUT2D eigenvalue weighted by atomic mass is 9.97. The molecule has 0 saturated heterocycles. The van der Waals surface area contributed by atoms with E-state index in [2.05, 4.69) is 10.3 Å². The minimum absolute atomic E-state index is 0.0586. The highest BCUT2D eigenvalue weighted by atomic mass is 19.1. The van der Waals surface area contributed by atoms with Crippen LogP contribution in [0.4, 0.5) is 4.39 Å². The van der Waals surface area contributed by atoms with E-state index >= 15 is 0 Å². The van der Waals surface area contributed by atoms with E-state index in [4.69, 9.17) is 5.73 Å². The highest BCUT2D eigenvalue weighted by molar-refractivity contribution is 5.83. The summed E-state index contributed by atoms with van der Waals surface area (Å²) in [6, 6.07) is 9.80. The van der Waals surface area contributed by atoms with Crippen molar-refractivity contribution < 1.29 is 9.18 Å². The molecule has 3 N–H and O–H groups in total. The summed E-state index contributed by atoms with van der Waals surface area (Å²) in [4.78, 5) is 16.0. The van der Waals surface area contributed by atoms with Gasteiger partial charge in [0.25, 0.3) is 0 Å². The molecule has 104 valence electrons. The molecule has 0 unspecified atom stereocenters. The van der Waals surface area contributed by atoms with Gasteiger partial charge in [-0.3, -0.25) is 9.78 Å². The van der Waals surface area contributed by atoms with Crippen LogP contribution in [0.15, 0.2) is 48.8 Å². The summed E-state index contributed by atoms with van der Waals surface area (Å²) in [5, 5.41) is 2.76. The number of hydrogen-bond donors (Lipinski definition) is 2. The van der Waals surface area contributed by atoms with Gasteiger partial charge >= 0.3 is 0 Å². The zero-order valence-electron chi connectivity index (χ0n) is 10.9. The van der Waals surface area contributed by atoms with Crippen molar-refractivity contribution in [1.82, 2.24) is 10.3 Å². The van der Waals surface area contributed by atoms with Gasteiger partial charge in [0.05, 0.1) is 5.92 Å². The lowest BCUT2D eigenvalue weighted by Gasteiger charge is -2.16. The highest BCUT2D eigenvalue weighted by Crippen LogP contribution is 2.18. The highest BCUT2D eigenvalue weighted by Gasteiger charge is 2.21. The third-order valence-corrected chi connectivity index (χ3v) is 3.05. The summed E-state index contributed by atoms with van der Waals surface area (Å²) >= 11 is 0. The first-order chi connectivity index (χ1) is 9.72. The number of amides is 1. The zero-order chi connectivity index (χ0) is 14.4. The summed E-state index contributed by atoms with van der Waals surface area (Å²) in [7, 11) is 0.